The largest absolute Gasteiger partial charge is 0.378 e. The molecule has 0 unspecified atom stereocenters. The Balaban J connectivity index is 1.91. The van der Waals surface area contributed by atoms with E-state index in [1.807, 2.05) is 38.5 Å². The highest BCUT2D eigenvalue weighted by Gasteiger charge is 1.98. The molecule has 104 valence electrons. The van der Waals surface area contributed by atoms with Crippen LogP contribution in [0.25, 0.3) is 10.8 Å². The quantitative estimate of drug-likeness (QED) is 0.634. The number of nitrogens with zero attached hydrogens (tertiary/aromatic N) is 2. The fourth-order valence-corrected chi connectivity index (χ4v) is 2.32. The first-order valence-electron chi connectivity index (χ1n) is 7.03. The predicted octanol–water partition coefficient (Wildman–Crippen LogP) is 4.66. The first kappa shape index (κ1) is 13.4. The van der Waals surface area contributed by atoms with E-state index in [9.17, 15) is 0 Å². The Morgan fingerprint density at radius 1 is 0.810 bits per heavy atom. The van der Waals surface area contributed by atoms with Crippen LogP contribution in [0.5, 0.6) is 0 Å². The molecule has 0 spiro atoms. The van der Waals surface area contributed by atoms with Crippen LogP contribution in [0.15, 0.2) is 71.7 Å². The van der Waals surface area contributed by atoms with Gasteiger partial charge in [-0.15, -0.1) is 0 Å². The van der Waals surface area contributed by atoms with Crippen LogP contribution in [-0.4, -0.2) is 20.3 Å². The number of hydrogen-bond acceptors (Lipinski definition) is 2. The second-order valence-electron chi connectivity index (χ2n) is 5.24. The molecule has 0 aromatic heterocycles. The summed E-state index contributed by atoms with van der Waals surface area (Å²) in [5.41, 5.74) is 3.30. The van der Waals surface area contributed by atoms with Gasteiger partial charge in [-0.25, -0.2) is 0 Å². The fourth-order valence-electron chi connectivity index (χ4n) is 2.32. The van der Waals surface area contributed by atoms with Crippen molar-refractivity contribution in [3.05, 3.63) is 72.3 Å². The minimum Gasteiger partial charge on any atom is -0.378 e. The lowest BCUT2D eigenvalue weighted by atomic mass is 10.1. The lowest BCUT2D eigenvalue weighted by Gasteiger charge is -2.11. The molecule has 0 radical (unpaired) electrons. The predicted molar refractivity (Wildman–Crippen MR) is 92.0 cm³/mol. The molecule has 0 heterocycles. The van der Waals surface area contributed by atoms with E-state index in [1.165, 1.54) is 16.5 Å². The van der Waals surface area contributed by atoms with Crippen molar-refractivity contribution in [1.82, 2.24) is 0 Å². The van der Waals surface area contributed by atoms with Gasteiger partial charge in [0.25, 0.3) is 0 Å². The molecular weight excluding hydrogens is 256 g/mol. The zero-order chi connectivity index (χ0) is 14.7. The van der Waals surface area contributed by atoms with E-state index in [0.717, 1.165) is 11.3 Å². The highest BCUT2D eigenvalue weighted by molar-refractivity contribution is 5.95. The highest BCUT2D eigenvalue weighted by Crippen LogP contribution is 2.25. The number of hydrogen-bond donors (Lipinski definition) is 0. The molecule has 3 aromatic rings. The number of benzene rings is 3. The summed E-state index contributed by atoms with van der Waals surface area (Å²) in [4.78, 5) is 6.73. The van der Waals surface area contributed by atoms with Gasteiger partial charge in [-0.3, -0.25) is 4.99 Å². The van der Waals surface area contributed by atoms with E-state index in [1.54, 1.807) is 0 Å². The SMILES string of the molecule is CN(C)c1ccc(C=Nc2cccc3ccccc23)cc1. The lowest BCUT2D eigenvalue weighted by molar-refractivity contribution is 1.13. The molecule has 0 aliphatic heterocycles. The molecule has 0 amide bonds. The van der Waals surface area contributed by atoms with E-state index in [-0.39, 0.29) is 0 Å². The fraction of sp³-hybridized carbons (Fsp3) is 0.105. The molecule has 0 saturated carbocycles. The average molecular weight is 274 g/mol. The molecule has 0 N–H and O–H groups in total. The third kappa shape index (κ3) is 2.95. The Bertz CT molecular complexity index is 766. The Morgan fingerprint density at radius 2 is 1.52 bits per heavy atom. The Morgan fingerprint density at radius 3 is 2.29 bits per heavy atom. The molecule has 0 atom stereocenters. The number of fused-ring (bicyclic) bond motifs is 1. The minimum atomic E-state index is 1.00. The van der Waals surface area contributed by atoms with Crippen LogP contribution in [0, 0.1) is 0 Å². The monoisotopic (exact) mass is 274 g/mol. The van der Waals surface area contributed by atoms with E-state index in [2.05, 4.69) is 58.4 Å². The summed E-state index contributed by atoms with van der Waals surface area (Å²) in [7, 11) is 4.08. The van der Waals surface area contributed by atoms with Crippen molar-refractivity contribution in [2.75, 3.05) is 19.0 Å². The van der Waals surface area contributed by atoms with Gasteiger partial charge in [0.15, 0.2) is 0 Å². The van der Waals surface area contributed by atoms with Gasteiger partial charge < -0.3 is 4.90 Å². The third-order valence-electron chi connectivity index (χ3n) is 3.53. The van der Waals surface area contributed by atoms with Crippen molar-refractivity contribution in [2.45, 2.75) is 0 Å². The van der Waals surface area contributed by atoms with Gasteiger partial charge >= 0.3 is 0 Å². The second-order valence-corrected chi connectivity index (χ2v) is 5.24. The Labute approximate surface area is 125 Å². The summed E-state index contributed by atoms with van der Waals surface area (Å²) in [5.74, 6) is 0. The normalized spacial score (nSPS) is 11.1. The smallest absolute Gasteiger partial charge is 0.0708 e. The maximum Gasteiger partial charge on any atom is 0.0708 e. The minimum absolute atomic E-state index is 1.00. The lowest BCUT2D eigenvalue weighted by Crippen LogP contribution is -2.08. The molecule has 0 saturated heterocycles. The van der Waals surface area contributed by atoms with Crippen LogP contribution in [0.2, 0.25) is 0 Å². The van der Waals surface area contributed by atoms with Crippen LogP contribution in [0.1, 0.15) is 5.56 Å². The van der Waals surface area contributed by atoms with E-state index in [4.69, 9.17) is 0 Å². The molecule has 0 aliphatic rings. The van der Waals surface area contributed by atoms with Gasteiger partial charge in [0.2, 0.25) is 0 Å². The van der Waals surface area contributed by atoms with Gasteiger partial charge in [-0.2, -0.15) is 0 Å². The zero-order valence-corrected chi connectivity index (χ0v) is 12.3. The highest BCUT2D eigenvalue weighted by atomic mass is 15.1. The van der Waals surface area contributed by atoms with Gasteiger partial charge in [0.1, 0.15) is 0 Å². The van der Waals surface area contributed by atoms with Crippen LogP contribution in [0.3, 0.4) is 0 Å². The number of aliphatic imine (C=N–C) groups is 1. The van der Waals surface area contributed by atoms with Crippen molar-refractivity contribution >= 4 is 28.4 Å². The van der Waals surface area contributed by atoms with Crippen LogP contribution in [-0.2, 0) is 0 Å². The summed E-state index contributed by atoms with van der Waals surface area (Å²) >= 11 is 0. The van der Waals surface area contributed by atoms with Crippen molar-refractivity contribution in [1.29, 1.82) is 0 Å². The molecule has 21 heavy (non-hydrogen) atoms. The van der Waals surface area contributed by atoms with Crippen molar-refractivity contribution in [3.63, 3.8) is 0 Å². The third-order valence-corrected chi connectivity index (χ3v) is 3.53. The van der Waals surface area contributed by atoms with Gasteiger partial charge in [-0.1, -0.05) is 48.5 Å². The van der Waals surface area contributed by atoms with E-state index < -0.39 is 0 Å². The molecule has 2 heteroatoms. The van der Waals surface area contributed by atoms with Gasteiger partial charge in [-0.05, 0) is 29.1 Å². The number of anilines is 1. The molecule has 3 rings (SSSR count). The van der Waals surface area contributed by atoms with Crippen LogP contribution < -0.4 is 4.90 Å². The van der Waals surface area contributed by atoms with Gasteiger partial charge in [0.05, 0.1) is 5.69 Å². The maximum atomic E-state index is 4.64. The first-order chi connectivity index (χ1) is 10.2. The Hall–Kier alpha value is -2.61. The van der Waals surface area contributed by atoms with E-state index >= 15 is 0 Å². The number of rotatable bonds is 3. The van der Waals surface area contributed by atoms with Crippen molar-refractivity contribution in [3.8, 4) is 0 Å². The summed E-state index contributed by atoms with van der Waals surface area (Å²) in [6, 6.07) is 22.9. The summed E-state index contributed by atoms with van der Waals surface area (Å²) < 4.78 is 0. The van der Waals surface area contributed by atoms with Crippen molar-refractivity contribution < 1.29 is 0 Å². The molecular formula is C19H18N2. The van der Waals surface area contributed by atoms with Crippen molar-refractivity contribution in [2.24, 2.45) is 4.99 Å². The maximum absolute atomic E-state index is 4.64. The van der Waals surface area contributed by atoms with Crippen LogP contribution in [0.4, 0.5) is 11.4 Å². The molecule has 0 fully saturated rings. The summed E-state index contributed by atoms with van der Waals surface area (Å²) in [6.07, 6.45) is 1.92. The molecule has 0 aliphatic carbocycles. The van der Waals surface area contributed by atoms with Crippen LogP contribution >= 0.6 is 0 Å². The summed E-state index contributed by atoms with van der Waals surface area (Å²) in [6.45, 7) is 0. The average Bonchev–Trinajstić information content (AvgIpc) is 2.53. The summed E-state index contributed by atoms with van der Waals surface area (Å²) in [5, 5.41) is 2.40. The molecule has 3 aromatic carbocycles. The molecule has 0 bridgehead atoms. The molecule has 2 nitrogen and oxygen atoms in total. The standard InChI is InChI=1S/C19H18N2/c1-21(2)17-12-10-15(11-13-17)14-20-19-9-5-7-16-6-3-4-8-18(16)19/h3-14H,1-2H3. The Kier molecular flexibility index (Phi) is 3.69. The van der Waals surface area contributed by atoms with Gasteiger partial charge in [0, 0.05) is 31.4 Å². The first-order valence-corrected chi connectivity index (χ1v) is 7.03. The van der Waals surface area contributed by atoms with E-state index in [0.29, 0.717) is 0 Å². The zero-order valence-electron chi connectivity index (χ0n) is 12.3. The second kappa shape index (κ2) is 5.80. The topological polar surface area (TPSA) is 15.6 Å².